The molecule has 0 unspecified atom stereocenters. The molecule has 2 aromatic heterocycles. The summed E-state index contributed by atoms with van der Waals surface area (Å²) in [5.41, 5.74) is 5.42. The number of pyridine rings is 1. The third-order valence-corrected chi connectivity index (χ3v) is 4.09. The van der Waals surface area contributed by atoms with Gasteiger partial charge in [-0.15, -0.1) is 0 Å². The van der Waals surface area contributed by atoms with Crippen LogP contribution in [0.25, 0.3) is 0 Å². The zero-order valence-electron chi connectivity index (χ0n) is 10.5. The van der Waals surface area contributed by atoms with Crippen molar-refractivity contribution in [1.29, 1.82) is 0 Å². The number of rotatable bonds is 5. The van der Waals surface area contributed by atoms with Gasteiger partial charge in [-0.1, -0.05) is 16.8 Å². The average Bonchev–Trinajstić information content (AvgIpc) is 2.78. The first-order valence-corrected chi connectivity index (χ1v) is 7.44. The molecule has 2 rings (SSSR count). The highest BCUT2D eigenvalue weighted by atomic mass is 35.5. The summed E-state index contributed by atoms with van der Waals surface area (Å²) < 4.78 is 31.2. The molecule has 0 aliphatic rings. The molecule has 0 aliphatic heterocycles. The van der Waals surface area contributed by atoms with Crippen LogP contribution in [0, 0.1) is 6.92 Å². The molecule has 0 atom stereocenters. The number of sulfonamides is 1. The highest BCUT2D eigenvalue weighted by molar-refractivity contribution is 7.89. The Hall–Kier alpha value is -1.71. The first kappa shape index (κ1) is 14.7. The van der Waals surface area contributed by atoms with Crippen LogP contribution in [0.1, 0.15) is 11.7 Å². The summed E-state index contributed by atoms with van der Waals surface area (Å²) in [6, 6.07) is 1.24. The van der Waals surface area contributed by atoms with E-state index < -0.39 is 10.0 Å². The molecule has 0 bridgehead atoms. The van der Waals surface area contributed by atoms with Gasteiger partial charge in [0.05, 0.1) is 5.02 Å². The maximum absolute atomic E-state index is 12.0. The van der Waals surface area contributed by atoms with Crippen LogP contribution in [0.5, 0.6) is 0 Å². The third-order valence-electron chi connectivity index (χ3n) is 2.36. The zero-order valence-corrected chi connectivity index (χ0v) is 12.1. The highest BCUT2D eigenvalue weighted by Crippen LogP contribution is 2.19. The van der Waals surface area contributed by atoms with E-state index in [1.165, 1.54) is 6.07 Å². The molecule has 0 radical (unpaired) electrons. The van der Waals surface area contributed by atoms with Gasteiger partial charge in [0.25, 0.3) is 0 Å². The summed E-state index contributed by atoms with van der Waals surface area (Å²) in [5, 5.41) is 3.69. The van der Waals surface area contributed by atoms with Crippen LogP contribution in [-0.2, 0) is 16.4 Å². The zero-order chi connectivity index (χ0) is 14.8. The van der Waals surface area contributed by atoms with Gasteiger partial charge < -0.3 is 10.3 Å². The Morgan fingerprint density at radius 1 is 1.50 bits per heavy atom. The van der Waals surface area contributed by atoms with Crippen LogP contribution in [0.4, 0.5) is 5.82 Å². The predicted molar refractivity (Wildman–Crippen MR) is 71.6 cm³/mol. The molecule has 0 fully saturated rings. The molecule has 108 valence electrons. The summed E-state index contributed by atoms with van der Waals surface area (Å²) in [6.07, 6.45) is 1.43. The lowest BCUT2D eigenvalue weighted by molar-refractivity contribution is 0.375. The van der Waals surface area contributed by atoms with E-state index in [0.29, 0.717) is 11.7 Å². The fourth-order valence-electron chi connectivity index (χ4n) is 1.40. The number of hydrogen-bond donors (Lipinski definition) is 2. The van der Waals surface area contributed by atoms with Gasteiger partial charge in [0.15, 0.2) is 5.82 Å². The van der Waals surface area contributed by atoms with Gasteiger partial charge in [-0.2, -0.15) is 4.98 Å². The summed E-state index contributed by atoms with van der Waals surface area (Å²) in [7, 11) is -3.71. The molecule has 0 amide bonds. The lowest BCUT2D eigenvalue weighted by Crippen LogP contribution is -2.26. The first-order valence-electron chi connectivity index (χ1n) is 5.58. The Morgan fingerprint density at radius 2 is 2.25 bits per heavy atom. The first-order chi connectivity index (χ1) is 9.38. The summed E-state index contributed by atoms with van der Waals surface area (Å²) in [6.45, 7) is 1.80. The van der Waals surface area contributed by atoms with Crippen LogP contribution in [0.2, 0.25) is 5.02 Å². The van der Waals surface area contributed by atoms with Crippen molar-refractivity contribution in [3.8, 4) is 0 Å². The number of aromatic nitrogens is 3. The topological polar surface area (TPSA) is 124 Å². The third kappa shape index (κ3) is 3.44. The Kier molecular flexibility index (Phi) is 4.21. The van der Waals surface area contributed by atoms with Gasteiger partial charge in [-0.3, -0.25) is 0 Å². The molecule has 0 aromatic carbocycles. The molecule has 0 saturated carbocycles. The maximum Gasteiger partial charge on any atom is 0.242 e. The number of halogens is 1. The maximum atomic E-state index is 12.0. The Morgan fingerprint density at radius 3 is 2.85 bits per heavy atom. The second kappa shape index (κ2) is 5.73. The SMILES string of the molecule is Cc1noc(CCNS(=O)(=O)c2cnc(N)c(Cl)c2)n1. The number of nitrogen functional groups attached to an aromatic ring is 1. The predicted octanol–water partition coefficient (Wildman–Crippen LogP) is 0.530. The summed E-state index contributed by atoms with van der Waals surface area (Å²) >= 11 is 5.74. The van der Waals surface area contributed by atoms with E-state index in [1.807, 2.05) is 0 Å². The van der Waals surface area contributed by atoms with E-state index in [1.54, 1.807) is 6.92 Å². The standard InChI is InChI=1S/C10H12ClN5O3S/c1-6-15-9(19-16-6)2-3-14-20(17,18)7-4-8(11)10(12)13-5-7/h4-5,14H,2-3H2,1H3,(H2,12,13). The molecule has 0 spiro atoms. The number of hydrogen-bond acceptors (Lipinski definition) is 7. The van der Waals surface area contributed by atoms with Gasteiger partial charge in [0, 0.05) is 19.2 Å². The van der Waals surface area contributed by atoms with Gasteiger partial charge >= 0.3 is 0 Å². The van der Waals surface area contributed by atoms with Crippen molar-refractivity contribution in [1.82, 2.24) is 19.8 Å². The second-order valence-corrected chi connectivity index (χ2v) is 6.10. The lowest BCUT2D eigenvalue weighted by Gasteiger charge is -2.06. The molecule has 0 saturated heterocycles. The molecule has 2 aromatic rings. The van der Waals surface area contributed by atoms with Crippen molar-refractivity contribution in [3.63, 3.8) is 0 Å². The van der Waals surface area contributed by atoms with Crippen LogP contribution < -0.4 is 10.5 Å². The fourth-order valence-corrected chi connectivity index (χ4v) is 2.63. The molecular weight excluding hydrogens is 306 g/mol. The molecule has 2 heterocycles. The quantitative estimate of drug-likeness (QED) is 0.824. The molecular formula is C10H12ClN5O3S. The minimum Gasteiger partial charge on any atom is -0.382 e. The monoisotopic (exact) mass is 317 g/mol. The van der Waals surface area contributed by atoms with Crippen molar-refractivity contribution in [2.45, 2.75) is 18.2 Å². The number of anilines is 1. The lowest BCUT2D eigenvalue weighted by atomic mass is 10.4. The van der Waals surface area contributed by atoms with Crippen LogP contribution >= 0.6 is 11.6 Å². The van der Waals surface area contributed by atoms with Crippen molar-refractivity contribution in [2.24, 2.45) is 0 Å². The smallest absolute Gasteiger partial charge is 0.242 e. The van der Waals surface area contributed by atoms with E-state index in [-0.39, 0.29) is 28.7 Å². The molecule has 3 N–H and O–H groups in total. The summed E-state index contributed by atoms with van der Waals surface area (Å²) in [4.78, 5) is 7.61. The normalized spacial score (nSPS) is 11.7. The Balaban J connectivity index is 2.02. The largest absolute Gasteiger partial charge is 0.382 e. The average molecular weight is 318 g/mol. The van der Waals surface area contributed by atoms with Crippen molar-refractivity contribution >= 4 is 27.4 Å². The number of nitrogens with one attached hydrogen (secondary N) is 1. The van der Waals surface area contributed by atoms with Crippen molar-refractivity contribution < 1.29 is 12.9 Å². The Bertz CT molecular complexity index is 715. The molecule has 20 heavy (non-hydrogen) atoms. The molecule has 0 aliphatic carbocycles. The van der Waals surface area contributed by atoms with Crippen molar-refractivity contribution in [2.75, 3.05) is 12.3 Å². The minimum absolute atomic E-state index is 0.0570. The molecule has 10 heteroatoms. The van der Waals surface area contributed by atoms with E-state index in [0.717, 1.165) is 6.20 Å². The summed E-state index contributed by atoms with van der Waals surface area (Å²) in [5.74, 6) is 0.933. The van der Waals surface area contributed by atoms with Gasteiger partial charge in [-0.25, -0.2) is 18.1 Å². The van der Waals surface area contributed by atoms with Gasteiger partial charge in [0.2, 0.25) is 15.9 Å². The minimum atomic E-state index is -3.71. The van der Waals surface area contributed by atoms with Crippen LogP contribution in [0.15, 0.2) is 21.7 Å². The number of nitrogens with zero attached hydrogens (tertiary/aromatic N) is 3. The van der Waals surface area contributed by atoms with Crippen molar-refractivity contribution in [3.05, 3.63) is 29.0 Å². The highest BCUT2D eigenvalue weighted by Gasteiger charge is 2.16. The number of aryl methyl sites for hydroxylation is 1. The fraction of sp³-hybridized carbons (Fsp3) is 0.300. The van der Waals surface area contributed by atoms with Gasteiger partial charge in [-0.05, 0) is 13.0 Å². The van der Waals surface area contributed by atoms with E-state index >= 15 is 0 Å². The van der Waals surface area contributed by atoms with Crippen LogP contribution in [-0.4, -0.2) is 30.1 Å². The van der Waals surface area contributed by atoms with E-state index in [4.69, 9.17) is 21.9 Å². The van der Waals surface area contributed by atoms with E-state index in [2.05, 4.69) is 19.8 Å². The second-order valence-electron chi connectivity index (χ2n) is 3.92. The Labute approximate surface area is 120 Å². The number of nitrogens with two attached hydrogens (primary N) is 1. The van der Waals surface area contributed by atoms with Gasteiger partial charge in [0.1, 0.15) is 10.7 Å². The molecule has 8 nitrogen and oxygen atoms in total. The van der Waals surface area contributed by atoms with Crippen LogP contribution in [0.3, 0.4) is 0 Å². The van der Waals surface area contributed by atoms with E-state index in [9.17, 15) is 8.42 Å².